The molecule has 1 atom stereocenters. The zero-order valence-corrected chi connectivity index (χ0v) is 18.9. The number of phenols is 1. The van der Waals surface area contributed by atoms with Crippen molar-refractivity contribution in [2.45, 2.75) is 19.4 Å². The summed E-state index contributed by atoms with van der Waals surface area (Å²) in [5, 5.41) is 52.1. The number of fused-ring (bicyclic) bond motifs is 1. The van der Waals surface area contributed by atoms with Crippen molar-refractivity contribution in [2.75, 3.05) is 11.9 Å². The second kappa shape index (κ2) is 11.3. The molecule has 0 spiro atoms. The molecule has 14 heteroatoms. The van der Waals surface area contributed by atoms with Gasteiger partial charge in [0, 0.05) is 12.2 Å². The standard InChI is InChI=1S/C16H18N4.C6H3N3O7/c1-13(11-12-17-14-7-3-2-4-8-14)20-16-10-6-5-9-15(16)18-19-20;10-6-4(8(13)14)1-3(7(11)12)2-5(6)9(15)16/h2-10,13,17H,11-12H2,1H3;1-2,10H. The summed E-state index contributed by atoms with van der Waals surface area (Å²) in [6, 6.07) is 19.5. The molecule has 1 unspecified atom stereocenters. The Labute approximate surface area is 203 Å². The summed E-state index contributed by atoms with van der Waals surface area (Å²) in [5.74, 6) is -1.21. The van der Waals surface area contributed by atoms with Gasteiger partial charge in [-0.15, -0.1) is 5.10 Å². The van der Waals surface area contributed by atoms with E-state index in [0.29, 0.717) is 18.2 Å². The van der Waals surface area contributed by atoms with E-state index in [1.165, 1.54) is 0 Å². The van der Waals surface area contributed by atoms with Crippen molar-refractivity contribution in [3.05, 3.63) is 97.1 Å². The maximum absolute atomic E-state index is 10.4. The molecule has 14 nitrogen and oxygen atoms in total. The van der Waals surface area contributed by atoms with Crippen LogP contribution in [0.2, 0.25) is 0 Å². The Kier molecular flexibility index (Phi) is 8.02. The fraction of sp³-hybridized carbons (Fsp3) is 0.182. The molecule has 4 aromatic rings. The van der Waals surface area contributed by atoms with Gasteiger partial charge in [-0.2, -0.15) is 0 Å². The van der Waals surface area contributed by atoms with Crippen molar-refractivity contribution in [3.8, 4) is 5.75 Å². The molecule has 0 amide bonds. The van der Waals surface area contributed by atoms with Crippen molar-refractivity contribution >= 4 is 33.8 Å². The smallest absolute Gasteiger partial charge is 0.324 e. The first-order valence-corrected chi connectivity index (χ1v) is 10.6. The third-order valence-electron chi connectivity index (χ3n) is 5.12. The third-order valence-corrected chi connectivity index (χ3v) is 5.12. The van der Waals surface area contributed by atoms with E-state index in [9.17, 15) is 30.3 Å². The molecule has 1 aromatic heterocycles. The summed E-state index contributed by atoms with van der Waals surface area (Å²) < 4.78 is 2.00. The predicted molar refractivity (Wildman–Crippen MR) is 130 cm³/mol. The van der Waals surface area contributed by atoms with Gasteiger partial charge in [-0.25, -0.2) is 4.68 Å². The van der Waals surface area contributed by atoms with Gasteiger partial charge >= 0.3 is 11.4 Å². The summed E-state index contributed by atoms with van der Waals surface area (Å²) in [7, 11) is 0. The number of nitrogens with one attached hydrogen (secondary N) is 1. The lowest BCUT2D eigenvalue weighted by Gasteiger charge is -2.13. The van der Waals surface area contributed by atoms with E-state index in [1.807, 2.05) is 41.1 Å². The predicted octanol–water partition coefficient (Wildman–Crippen LogP) is 4.61. The minimum Gasteiger partial charge on any atom is -0.497 e. The van der Waals surface area contributed by atoms with Crippen LogP contribution < -0.4 is 5.32 Å². The van der Waals surface area contributed by atoms with E-state index >= 15 is 0 Å². The van der Waals surface area contributed by atoms with Gasteiger partial charge in [0.05, 0.1) is 38.5 Å². The van der Waals surface area contributed by atoms with Crippen molar-refractivity contribution in [1.29, 1.82) is 0 Å². The fourth-order valence-corrected chi connectivity index (χ4v) is 3.29. The quantitative estimate of drug-likeness (QED) is 0.257. The number of phenolic OH excluding ortho intramolecular Hbond substituents is 1. The van der Waals surface area contributed by atoms with Gasteiger partial charge < -0.3 is 10.4 Å². The number of aromatic hydroxyl groups is 1. The molecular formula is C22H21N7O7. The van der Waals surface area contributed by atoms with Crippen LogP contribution in [-0.4, -0.2) is 41.4 Å². The number of anilines is 1. The lowest BCUT2D eigenvalue weighted by atomic mass is 10.2. The highest BCUT2D eigenvalue weighted by atomic mass is 16.6. The molecule has 0 aliphatic carbocycles. The number of non-ortho nitro benzene ring substituents is 1. The first-order valence-electron chi connectivity index (χ1n) is 10.6. The average molecular weight is 495 g/mol. The summed E-state index contributed by atoms with van der Waals surface area (Å²) >= 11 is 0. The maximum atomic E-state index is 10.4. The largest absolute Gasteiger partial charge is 0.497 e. The zero-order valence-electron chi connectivity index (χ0n) is 18.9. The lowest BCUT2D eigenvalue weighted by Crippen LogP contribution is -2.12. The SMILES string of the molecule is CC(CCNc1ccccc1)n1nnc2ccccc21.O=[N+]([O-])c1cc([N+](=O)[O-])c(O)c([N+](=O)[O-])c1. The molecule has 36 heavy (non-hydrogen) atoms. The molecule has 186 valence electrons. The van der Waals surface area contributed by atoms with E-state index in [2.05, 4.69) is 40.8 Å². The van der Waals surface area contributed by atoms with Crippen LogP contribution in [0.1, 0.15) is 19.4 Å². The second-order valence-electron chi connectivity index (χ2n) is 7.56. The highest BCUT2D eigenvalue weighted by molar-refractivity contribution is 5.74. The van der Waals surface area contributed by atoms with Crippen molar-refractivity contribution in [3.63, 3.8) is 0 Å². The van der Waals surface area contributed by atoms with E-state index < -0.39 is 37.6 Å². The average Bonchev–Trinajstić information content (AvgIpc) is 3.29. The van der Waals surface area contributed by atoms with E-state index in [-0.39, 0.29) is 0 Å². The number of aromatic nitrogens is 3. The summed E-state index contributed by atoms with van der Waals surface area (Å²) in [6.07, 6.45) is 1.00. The minimum absolute atomic E-state index is 0.318. The fourth-order valence-electron chi connectivity index (χ4n) is 3.29. The van der Waals surface area contributed by atoms with E-state index in [0.717, 1.165) is 29.7 Å². The minimum atomic E-state index is -1.21. The van der Waals surface area contributed by atoms with Gasteiger partial charge in [0.25, 0.3) is 11.4 Å². The molecule has 0 aliphatic heterocycles. The molecule has 1 heterocycles. The van der Waals surface area contributed by atoms with Crippen LogP contribution in [0.25, 0.3) is 11.0 Å². The van der Waals surface area contributed by atoms with Crippen LogP contribution in [0.5, 0.6) is 5.75 Å². The van der Waals surface area contributed by atoms with Crippen LogP contribution in [0.4, 0.5) is 22.7 Å². The van der Waals surface area contributed by atoms with Crippen LogP contribution in [0.3, 0.4) is 0 Å². The number of nitro groups is 3. The van der Waals surface area contributed by atoms with Crippen molar-refractivity contribution in [1.82, 2.24) is 15.0 Å². The second-order valence-corrected chi connectivity index (χ2v) is 7.56. The number of hydrogen-bond acceptors (Lipinski definition) is 10. The highest BCUT2D eigenvalue weighted by Gasteiger charge is 2.30. The molecule has 0 saturated heterocycles. The summed E-state index contributed by atoms with van der Waals surface area (Å²) in [4.78, 5) is 27.8. The Morgan fingerprint density at radius 1 is 0.917 bits per heavy atom. The number of nitro benzene ring substituents is 3. The first-order chi connectivity index (χ1) is 17.2. The lowest BCUT2D eigenvalue weighted by molar-refractivity contribution is -0.404. The Balaban J connectivity index is 0.000000207. The van der Waals surface area contributed by atoms with E-state index in [4.69, 9.17) is 5.11 Å². The van der Waals surface area contributed by atoms with E-state index in [1.54, 1.807) is 0 Å². The van der Waals surface area contributed by atoms with Crippen LogP contribution in [0, 0.1) is 30.3 Å². The molecule has 0 radical (unpaired) electrons. The number of nitrogens with zero attached hydrogens (tertiary/aromatic N) is 6. The molecule has 0 saturated carbocycles. The van der Waals surface area contributed by atoms with Crippen LogP contribution >= 0.6 is 0 Å². The Bertz CT molecular complexity index is 1360. The van der Waals surface area contributed by atoms with Gasteiger partial charge in [0.15, 0.2) is 0 Å². The van der Waals surface area contributed by atoms with Gasteiger partial charge in [0.1, 0.15) is 5.52 Å². The number of benzene rings is 3. The van der Waals surface area contributed by atoms with Crippen molar-refractivity contribution in [2.24, 2.45) is 0 Å². The molecule has 0 fully saturated rings. The molecule has 0 aliphatic rings. The normalized spacial score (nSPS) is 11.2. The third kappa shape index (κ3) is 6.05. The first kappa shape index (κ1) is 25.5. The molecule has 3 aromatic carbocycles. The summed E-state index contributed by atoms with van der Waals surface area (Å²) in [5.41, 5.74) is 0.205. The van der Waals surface area contributed by atoms with Gasteiger partial charge in [-0.1, -0.05) is 35.5 Å². The Hall–Kier alpha value is -5.14. The van der Waals surface area contributed by atoms with Gasteiger partial charge in [-0.05, 0) is 37.6 Å². The van der Waals surface area contributed by atoms with Crippen LogP contribution in [0.15, 0.2) is 66.7 Å². The van der Waals surface area contributed by atoms with Gasteiger partial charge in [-0.3, -0.25) is 30.3 Å². The number of rotatable bonds is 8. The number of para-hydroxylation sites is 2. The van der Waals surface area contributed by atoms with Gasteiger partial charge in [0.2, 0.25) is 0 Å². The van der Waals surface area contributed by atoms with Crippen molar-refractivity contribution < 1.29 is 19.9 Å². The zero-order chi connectivity index (χ0) is 26.2. The molecule has 4 rings (SSSR count). The molecular weight excluding hydrogens is 474 g/mol. The summed E-state index contributed by atoms with van der Waals surface area (Å²) in [6.45, 7) is 3.09. The Morgan fingerprint density at radius 2 is 1.50 bits per heavy atom. The highest BCUT2D eigenvalue weighted by Crippen LogP contribution is 2.38. The Morgan fingerprint density at radius 3 is 2.08 bits per heavy atom. The maximum Gasteiger partial charge on any atom is 0.324 e. The molecule has 0 bridgehead atoms. The monoisotopic (exact) mass is 495 g/mol. The van der Waals surface area contributed by atoms with Crippen LogP contribution in [-0.2, 0) is 0 Å². The topological polar surface area (TPSA) is 192 Å². The number of hydrogen-bond donors (Lipinski definition) is 2. The molecule has 2 N–H and O–H groups in total.